The first-order valence-electron chi connectivity index (χ1n) is 9.06. The van der Waals surface area contributed by atoms with Gasteiger partial charge in [0.1, 0.15) is 11.7 Å². The molecule has 3 amide bonds. The predicted octanol–water partition coefficient (Wildman–Crippen LogP) is 1.76. The Labute approximate surface area is 179 Å². The number of carbonyl (C=O) groups is 3. The van der Waals surface area contributed by atoms with Gasteiger partial charge in [-0.3, -0.25) is 14.4 Å². The van der Waals surface area contributed by atoms with Crippen molar-refractivity contribution in [2.75, 3.05) is 18.9 Å². The first-order valence-corrected chi connectivity index (χ1v) is 9.44. The van der Waals surface area contributed by atoms with Crippen LogP contribution in [0, 0.1) is 0 Å². The van der Waals surface area contributed by atoms with Gasteiger partial charge in [-0.25, -0.2) is 4.39 Å². The van der Waals surface area contributed by atoms with E-state index in [2.05, 4.69) is 10.6 Å². The molecular weight excluding hydrogens is 422 g/mol. The molecule has 0 unspecified atom stereocenters. The van der Waals surface area contributed by atoms with Crippen molar-refractivity contribution in [3.8, 4) is 0 Å². The molecule has 1 spiro atoms. The number of nitrogens with one attached hydrogen (secondary N) is 2. The van der Waals surface area contributed by atoms with Crippen LogP contribution < -0.4 is 16.4 Å². The number of halogens is 3. The van der Waals surface area contributed by atoms with Crippen molar-refractivity contribution in [3.05, 3.63) is 28.8 Å². The van der Waals surface area contributed by atoms with Crippen LogP contribution in [0.2, 0.25) is 5.02 Å². The third-order valence-corrected chi connectivity index (χ3v) is 5.72. The summed E-state index contributed by atoms with van der Waals surface area (Å²) >= 11 is 6.11. The van der Waals surface area contributed by atoms with E-state index in [0.717, 1.165) is 0 Å². The van der Waals surface area contributed by atoms with Gasteiger partial charge in [0.25, 0.3) is 0 Å². The molecule has 2 heterocycles. The monoisotopic (exact) mass is 446 g/mol. The molecule has 3 atom stereocenters. The number of hydrogen-bond acceptors (Lipinski definition) is 4. The van der Waals surface area contributed by atoms with Crippen molar-refractivity contribution in [1.82, 2.24) is 10.2 Å². The summed E-state index contributed by atoms with van der Waals surface area (Å²) in [5, 5.41) is 6.05. The first-order chi connectivity index (χ1) is 13.0. The molecule has 1 fully saturated rings. The van der Waals surface area contributed by atoms with Crippen molar-refractivity contribution >= 4 is 47.4 Å². The maximum atomic E-state index is 14.1. The van der Waals surface area contributed by atoms with Crippen LogP contribution in [-0.2, 0) is 19.8 Å². The smallest absolute Gasteiger partial charge is 0.240 e. The van der Waals surface area contributed by atoms with Crippen LogP contribution in [0.5, 0.6) is 0 Å². The van der Waals surface area contributed by atoms with Crippen LogP contribution in [0.25, 0.3) is 0 Å². The number of carbonyl (C=O) groups excluding carboxylic acids is 3. The lowest BCUT2D eigenvalue weighted by molar-refractivity contribution is -0.139. The third kappa shape index (κ3) is 4.20. The SMILES string of the molecule is CN[C@@H](CC(C)(C)F)C(=O)N1C[C@]2(C[C@H]1C(N)=O)C(=O)Nc1ccc(Cl)cc12.Cl. The van der Waals surface area contributed by atoms with Crippen molar-refractivity contribution in [2.24, 2.45) is 5.73 Å². The van der Waals surface area contributed by atoms with Crippen LogP contribution in [0.4, 0.5) is 10.1 Å². The lowest BCUT2D eigenvalue weighted by Crippen LogP contribution is -2.52. The minimum absolute atomic E-state index is 0. The molecule has 7 nitrogen and oxygen atoms in total. The second-order valence-corrected chi connectivity index (χ2v) is 8.52. The van der Waals surface area contributed by atoms with E-state index in [9.17, 15) is 18.8 Å². The van der Waals surface area contributed by atoms with Gasteiger partial charge in [0, 0.05) is 23.7 Å². The molecule has 4 N–H and O–H groups in total. The molecule has 2 aliphatic heterocycles. The number of nitrogens with two attached hydrogens (primary N) is 1. The Balaban J connectivity index is 0.00000300. The molecule has 0 aromatic heterocycles. The topological polar surface area (TPSA) is 105 Å². The number of primary amides is 1. The van der Waals surface area contributed by atoms with Gasteiger partial charge in [0.05, 0.1) is 11.5 Å². The zero-order valence-electron chi connectivity index (χ0n) is 16.4. The Bertz CT molecular complexity index is 845. The van der Waals surface area contributed by atoms with Crippen molar-refractivity contribution in [2.45, 2.75) is 49.9 Å². The highest BCUT2D eigenvalue weighted by atomic mass is 35.5. The predicted molar refractivity (Wildman–Crippen MR) is 111 cm³/mol. The fraction of sp³-hybridized carbons (Fsp3) is 0.526. The summed E-state index contributed by atoms with van der Waals surface area (Å²) in [6.07, 6.45) is -0.0192. The van der Waals surface area contributed by atoms with Crippen LogP contribution in [-0.4, -0.2) is 54.0 Å². The van der Waals surface area contributed by atoms with E-state index < -0.39 is 35.0 Å². The molecule has 1 aromatic carbocycles. The minimum atomic E-state index is -1.59. The largest absolute Gasteiger partial charge is 0.368 e. The quantitative estimate of drug-likeness (QED) is 0.640. The van der Waals surface area contributed by atoms with E-state index in [4.69, 9.17) is 17.3 Å². The van der Waals surface area contributed by atoms with E-state index in [1.165, 1.54) is 18.7 Å². The summed E-state index contributed by atoms with van der Waals surface area (Å²) < 4.78 is 14.1. The lowest BCUT2D eigenvalue weighted by Gasteiger charge is -2.29. The molecule has 1 aromatic rings. The second-order valence-electron chi connectivity index (χ2n) is 8.08. The third-order valence-electron chi connectivity index (χ3n) is 5.49. The number of anilines is 1. The maximum absolute atomic E-state index is 14.1. The Hall–Kier alpha value is -1.90. The Morgan fingerprint density at radius 3 is 2.69 bits per heavy atom. The maximum Gasteiger partial charge on any atom is 0.240 e. The summed E-state index contributed by atoms with van der Waals surface area (Å²) in [7, 11) is 1.55. The molecule has 0 radical (unpaired) electrons. The number of hydrogen-bond donors (Lipinski definition) is 3. The fourth-order valence-corrected chi connectivity index (χ4v) is 4.31. The standard InChI is InChI=1S/C19H24ClFN4O3.ClH/c1-18(2,21)7-13(23-3)16(27)25-9-19(8-14(25)15(22)26)11-6-10(20)4-5-12(11)24-17(19)28;/h4-6,13-14,23H,7-9H2,1-3H3,(H2,22,26)(H,24,28);1H/t13-,14-,19-;/m0./s1. The number of likely N-dealkylation sites (N-methyl/N-ethyl adjacent to an activating group) is 1. The summed E-state index contributed by atoms with van der Waals surface area (Å²) in [6.45, 7) is 2.73. The van der Waals surface area contributed by atoms with Crippen LogP contribution >= 0.6 is 24.0 Å². The highest BCUT2D eigenvalue weighted by Gasteiger charge is 2.57. The van der Waals surface area contributed by atoms with E-state index in [1.54, 1.807) is 25.2 Å². The van der Waals surface area contributed by atoms with Crippen LogP contribution in [0.15, 0.2) is 18.2 Å². The molecule has 29 heavy (non-hydrogen) atoms. The number of likely N-dealkylation sites (tertiary alicyclic amines) is 1. The Kier molecular flexibility index (Phi) is 6.52. The van der Waals surface area contributed by atoms with Gasteiger partial charge in [0.15, 0.2) is 0 Å². The first kappa shape index (κ1) is 23.4. The van der Waals surface area contributed by atoms with Crippen molar-refractivity contribution in [3.63, 3.8) is 0 Å². The van der Waals surface area contributed by atoms with Gasteiger partial charge in [-0.2, -0.15) is 0 Å². The van der Waals surface area contributed by atoms with Gasteiger partial charge < -0.3 is 21.3 Å². The van der Waals surface area contributed by atoms with Crippen molar-refractivity contribution < 1.29 is 18.8 Å². The zero-order valence-corrected chi connectivity index (χ0v) is 18.0. The molecule has 10 heteroatoms. The van der Waals surface area contributed by atoms with Gasteiger partial charge in [0.2, 0.25) is 17.7 Å². The van der Waals surface area contributed by atoms with Gasteiger partial charge in [-0.15, -0.1) is 12.4 Å². The molecule has 1 saturated heterocycles. The average molecular weight is 447 g/mol. The Morgan fingerprint density at radius 2 is 2.14 bits per heavy atom. The second kappa shape index (κ2) is 8.08. The number of rotatable bonds is 5. The van der Waals surface area contributed by atoms with Crippen LogP contribution in [0.3, 0.4) is 0 Å². The van der Waals surface area contributed by atoms with E-state index in [1.807, 2.05) is 0 Å². The summed E-state index contributed by atoms with van der Waals surface area (Å²) in [5.74, 6) is -1.47. The Morgan fingerprint density at radius 1 is 1.48 bits per heavy atom. The highest BCUT2D eigenvalue weighted by molar-refractivity contribution is 6.31. The number of nitrogens with zero attached hydrogens (tertiary/aromatic N) is 1. The minimum Gasteiger partial charge on any atom is -0.368 e. The van der Waals surface area contributed by atoms with Gasteiger partial charge in [-0.1, -0.05) is 11.6 Å². The number of benzene rings is 1. The van der Waals surface area contributed by atoms with E-state index in [0.29, 0.717) is 16.3 Å². The van der Waals surface area contributed by atoms with Crippen LogP contribution in [0.1, 0.15) is 32.3 Å². The molecule has 2 aliphatic rings. The van der Waals surface area contributed by atoms with Gasteiger partial charge in [-0.05, 0) is 51.1 Å². The molecule has 3 rings (SSSR count). The molecule has 0 bridgehead atoms. The summed E-state index contributed by atoms with van der Waals surface area (Å²) in [5.41, 5.74) is 4.09. The molecule has 0 aliphatic carbocycles. The molecule has 0 saturated carbocycles. The number of amides is 3. The average Bonchev–Trinajstić information content (AvgIpc) is 3.12. The molecular formula is C19H25Cl2FN4O3. The molecule has 160 valence electrons. The van der Waals surface area contributed by atoms with Crippen molar-refractivity contribution in [1.29, 1.82) is 0 Å². The number of alkyl halides is 1. The lowest BCUT2D eigenvalue weighted by atomic mass is 9.79. The van der Waals surface area contributed by atoms with Gasteiger partial charge >= 0.3 is 0 Å². The number of fused-ring (bicyclic) bond motifs is 2. The highest BCUT2D eigenvalue weighted by Crippen LogP contribution is 2.47. The zero-order chi connectivity index (χ0) is 20.9. The van der Waals surface area contributed by atoms with E-state index in [-0.39, 0.29) is 37.7 Å². The normalized spacial score (nSPS) is 24.1. The fourth-order valence-electron chi connectivity index (χ4n) is 4.14. The summed E-state index contributed by atoms with van der Waals surface area (Å²) in [4.78, 5) is 39.4. The summed E-state index contributed by atoms with van der Waals surface area (Å²) in [6, 6.07) is 3.20. The van der Waals surface area contributed by atoms with E-state index >= 15 is 0 Å².